The number of hydrogen-bond acceptors (Lipinski definition) is 4. The van der Waals surface area contributed by atoms with E-state index in [9.17, 15) is 13.5 Å². The fraction of sp³-hybridized carbons (Fsp3) is 0.455. The van der Waals surface area contributed by atoms with Crippen LogP contribution in [-0.4, -0.2) is 25.3 Å². The largest absolute Gasteiger partial charge is 0.508 e. The minimum atomic E-state index is -3.18. The van der Waals surface area contributed by atoms with Crippen molar-refractivity contribution in [2.24, 2.45) is 5.73 Å². The lowest BCUT2D eigenvalue weighted by Gasteiger charge is -2.11. The van der Waals surface area contributed by atoms with Crippen LogP contribution in [0.25, 0.3) is 0 Å². The summed E-state index contributed by atoms with van der Waals surface area (Å²) in [5.74, 6) is 0.0296. The van der Waals surface area contributed by atoms with Crippen LogP contribution in [-0.2, 0) is 15.6 Å². The van der Waals surface area contributed by atoms with E-state index in [4.69, 9.17) is 5.73 Å². The van der Waals surface area contributed by atoms with Gasteiger partial charge in [-0.05, 0) is 37.6 Å². The van der Waals surface area contributed by atoms with Crippen LogP contribution in [0.15, 0.2) is 24.3 Å². The Morgan fingerprint density at radius 1 is 1.44 bits per heavy atom. The molecule has 1 aromatic rings. The lowest BCUT2D eigenvalue weighted by molar-refractivity contribution is 0.475. The molecule has 0 aromatic heterocycles. The summed E-state index contributed by atoms with van der Waals surface area (Å²) in [6, 6.07) is 6.30. The Labute approximate surface area is 96.0 Å². The Morgan fingerprint density at radius 2 is 2.12 bits per heavy atom. The molecule has 0 bridgehead atoms. The SMILES string of the molecule is CC(CCN)S(=O)(=O)Cc1cccc(O)c1. The molecule has 0 aliphatic rings. The zero-order valence-corrected chi connectivity index (χ0v) is 10.1. The van der Waals surface area contributed by atoms with E-state index >= 15 is 0 Å². The van der Waals surface area contributed by atoms with Crippen molar-refractivity contribution in [2.75, 3.05) is 6.54 Å². The summed E-state index contributed by atoms with van der Waals surface area (Å²) in [5, 5.41) is 8.79. The summed E-state index contributed by atoms with van der Waals surface area (Å²) in [7, 11) is -3.18. The van der Waals surface area contributed by atoms with Gasteiger partial charge in [-0.15, -0.1) is 0 Å². The van der Waals surface area contributed by atoms with Gasteiger partial charge >= 0.3 is 0 Å². The average Bonchev–Trinajstić information content (AvgIpc) is 2.17. The third kappa shape index (κ3) is 3.50. The number of rotatable bonds is 5. The second-order valence-corrected chi connectivity index (χ2v) is 6.28. The molecule has 0 fully saturated rings. The summed E-state index contributed by atoms with van der Waals surface area (Å²) >= 11 is 0. The fourth-order valence-corrected chi connectivity index (χ4v) is 2.86. The fourth-order valence-electron chi connectivity index (χ4n) is 1.44. The molecule has 1 unspecified atom stereocenters. The number of nitrogens with two attached hydrogens (primary N) is 1. The van der Waals surface area contributed by atoms with E-state index in [1.54, 1.807) is 19.1 Å². The van der Waals surface area contributed by atoms with Crippen LogP contribution in [0.4, 0.5) is 0 Å². The van der Waals surface area contributed by atoms with Gasteiger partial charge in [0.2, 0.25) is 0 Å². The van der Waals surface area contributed by atoms with E-state index in [-0.39, 0.29) is 11.5 Å². The van der Waals surface area contributed by atoms with Crippen molar-refractivity contribution in [3.8, 4) is 5.75 Å². The zero-order valence-electron chi connectivity index (χ0n) is 9.26. The van der Waals surface area contributed by atoms with Crippen LogP contribution in [0, 0.1) is 0 Å². The van der Waals surface area contributed by atoms with E-state index in [1.165, 1.54) is 12.1 Å². The van der Waals surface area contributed by atoms with Crippen molar-refractivity contribution in [1.82, 2.24) is 0 Å². The number of hydrogen-bond donors (Lipinski definition) is 2. The third-order valence-corrected chi connectivity index (χ3v) is 4.66. The van der Waals surface area contributed by atoms with Gasteiger partial charge in [0.15, 0.2) is 9.84 Å². The molecule has 5 heteroatoms. The molecule has 3 N–H and O–H groups in total. The van der Waals surface area contributed by atoms with E-state index in [0.717, 1.165) is 0 Å². The minimum Gasteiger partial charge on any atom is -0.508 e. The summed E-state index contributed by atoms with van der Waals surface area (Å²) in [4.78, 5) is 0. The van der Waals surface area contributed by atoms with Gasteiger partial charge < -0.3 is 10.8 Å². The molecular weight excluding hydrogens is 226 g/mol. The molecule has 0 saturated carbocycles. The Hall–Kier alpha value is -1.07. The monoisotopic (exact) mass is 243 g/mol. The van der Waals surface area contributed by atoms with Gasteiger partial charge in [-0.1, -0.05) is 12.1 Å². The minimum absolute atomic E-state index is 0.0530. The van der Waals surface area contributed by atoms with Crippen molar-refractivity contribution in [3.63, 3.8) is 0 Å². The molecule has 4 nitrogen and oxygen atoms in total. The average molecular weight is 243 g/mol. The third-order valence-electron chi connectivity index (χ3n) is 2.46. The lowest BCUT2D eigenvalue weighted by atomic mass is 10.2. The summed E-state index contributed by atoms with van der Waals surface area (Å²) in [6.07, 6.45) is 0.459. The van der Waals surface area contributed by atoms with Gasteiger partial charge in [-0.3, -0.25) is 0 Å². The van der Waals surface area contributed by atoms with E-state index in [2.05, 4.69) is 0 Å². The molecule has 1 aromatic carbocycles. The molecular formula is C11H17NO3S. The summed E-state index contributed by atoms with van der Waals surface area (Å²) in [6.45, 7) is 2.02. The maximum atomic E-state index is 11.9. The van der Waals surface area contributed by atoms with E-state index in [0.29, 0.717) is 18.5 Å². The topological polar surface area (TPSA) is 80.4 Å². The van der Waals surface area contributed by atoms with Crippen molar-refractivity contribution in [1.29, 1.82) is 0 Å². The normalized spacial score (nSPS) is 13.6. The van der Waals surface area contributed by atoms with Crippen LogP contribution < -0.4 is 5.73 Å². The molecule has 0 aliphatic carbocycles. The molecule has 0 radical (unpaired) electrons. The highest BCUT2D eigenvalue weighted by Gasteiger charge is 2.20. The molecule has 90 valence electrons. The highest BCUT2D eigenvalue weighted by molar-refractivity contribution is 7.91. The molecule has 0 spiro atoms. The van der Waals surface area contributed by atoms with Crippen LogP contribution in [0.2, 0.25) is 0 Å². The predicted molar refractivity (Wildman–Crippen MR) is 63.9 cm³/mol. The first kappa shape index (κ1) is 13.0. The number of phenolic OH excluding ortho intramolecular Hbond substituents is 1. The maximum Gasteiger partial charge on any atom is 0.157 e. The van der Waals surface area contributed by atoms with Crippen LogP contribution in [0.1, 0.15) is 18.9 Å². The smallest absolute Gasteiger partial charge is 0.157 e. The molecule has 0 saturated heterocycles. The van der Waals surface area contributed by atoms with Gasteiger partial charge in [0, 0.05) is 0 Å². The Bertz CT molecular complexity index is 442. The second-order valence-electron chi connectivity index (χ2n) is 3.87. The van der Waals surface area contributed by atoms with Gasteiger partial charge in [-0.2, -0.15) is 0 Å². The Kier molecular flexibility index (Phi) is 4.32. The first-order chi connectivity index (χ1) is 7.45. The highest BCUT2D eigenvalue weighted by Crippen LogP contribution is 2.17. The van der Waals surface area contributed by atoms with Gasteiger partial charge in [0.1, 0.15) is 5.75 Å². The molecule has 16 heavy (non-hydrogen) atoms. The number of phenols is 1. The van der Waals surface area contributed by atoms with Crippen molar-refractivity contribution >= 4 is 9.84 Å². The Morgan fingerprint density at radius 3 is 2.69 bits per heavy atom. The summed E-state index contributed by atoms with van der Waals surface area (Å²) < 4.78 is 23.7. The van der Waals surface area contributed by atoms with E-state index < -0.39 is 15.1 Å². The van der Waals surface area contributed by atoms with Crippen molar-refractivity contribution in [3.05, 3.63) is 29.8 Å². The molecule has 1 rings (SSSR count). The first-order valence-corrected chi connectivity index (χ1v) is 6.87. The highest BCUT2D eigenvalue weighted by atomic mass is 32.2. The molecule has 1 atom stereocenters. The quantitative estimate of drug-likeness (QED) is 0.810. The molecule has 0 amide bonds. The van der Waals surface area contributed by atoms with E-state index in [1.807, 2.05) is 0 Å². The summed E-state index contributed by atoms with van der Waals surface area (Å²) in [5.41, 5.74) is 5.94. The van der Waals surface area contributed by atoms with Crippen molar-refractivity contribution < 1.29 is 13.5 Å². The van der Waals surface area contributed by atoms with Crippen LogP contribution >= 0.6 is 0 Å². The lowest BCUT2D eigenvalue weighted by Crippen LogP contribution is -2.22. The number of aromatic hydroxyl groups is 1. The van der Waals surface area contributed by atoms with Gasteiger partial charge in [-0.25, -0.2) is 8.42 Å². The number of benzene rings is 1. The van der Waals surface area contributed by atoms with Gasteiger partial charge in [0.25, 0.3) is 0 Å². The second kappa shape index (κ2) is 5.32. The van der Waals surface area contributed by atoms with Crippen LogP contribution in [0.5, 0.6) is 5.75 Å². The van der Waals surface area contributed by atoms with Crippen LogP contribution in [0.3, 0.4) is 0 Å². The van der Waals surface area contributed by atoms with Crippen molar-refractivity contribution in [2.45, 2.75) is 24.3 Å². The predicted octanol–water partition coefficient (Wildman–Crippen LogP) is 1.04. The molecule has 0 aliphatic heterocycles. The first-order valence-electron chi connectivity index (χ1n) is 5.15. The maximum absolute atomic E-state index is 11.9. The standard InChI is InChI=1S/C11H17NO3S/c1-9(5-6-12)16(14,15)8-10-3-2-4-11(13)7-10/h2-4,7,9,13H,5-6,8,12H2,1H3. The zero-order chi connectivity index (χ0) is 12.2. The molecule has 0 heterocycles. The Balaban J connectivity index is 2.80. The van der Waals surface area contributed by atoms with Gasteiger partial charge in [0.05, 0.1) is 11.0 Å². The number of sulfone groups is 1.